The SMILES string of the molecule is O=C1Cc2ccccc2C(=O)N1CC(F)(F)CO. The lowest BCUT2D eigenvalue weighted by atomic mass is 9.98. The number of hydrogen-bond acceptors (Lipinski definition) is 3. The molecule has 0 aromatic heterocycles. The monoisotopic (exact) mass is 255 g/mol. The number of aliphatic hydroxyl groups is 1. The number of fused-ring (bicyclic) bond motifs is 1. The molecule has 0 atom stereocenters. The minimum Gasteiger partial charge on any atom is -0.390 e. The first-order chi connectivity index (χ1) is 8.44. The molecular weight excluding hydrogens is 244 g/mol. The lowest BCUT2D eigenvalue weighted by Crippen LogP contribution is -2.49. The number of hydrogen-bond donors (Lipinski definition) is 1. The first-order valence-corrected chi connectivity index (χ1v) is 5.36. The first-order valence-electron chi connectivity index (χ1n) is 5.36. The van der Waals surface area contributed by atoms with Gasteiger partial charge in [0, 0.05) is 5.56 Å². The van der Waals surface area contributed by atoms with Crippen LogP contribution in [-0.2, 0) is 11.2 Å². The number of carbonyl (C=O) groups excluding carboxylic acids is 2. The van der Waals surface area contributed by atoms with Crippen molar-refractivity contribution in [2.24, 2.45) is 0 Å². The van der Waals surface area contributed by atoms with Crippen molar-refractivity contribution in [2.75, 3.05) is 13.2 Å². The Bertz CT molecular complexity index is 502. The zero-order valence-electron chi connectivity index (χ0n) is 9.40. The molecule has 0 fully saturated rings. The van der Waals surface area contributed by atoms with Gasteiger partial charge in [-0.3, -0.25) is 14.5 Å². The molecule has 1 aromatic rings. The van der Waals surface area contributed by atoms with Gasteiger partial charge in [-0.15, -0.1) is 0 Å². The predicted molar refractivity (Wildman–Crippen MR) is 58.2 cm³/mol. The molecule has 1 N–H and O–H groups in total. The van der Waals surface area contributed by atoms with E-state index in [9.17, 15) is 18.4 Å². The van der Waals surface area contributed by atoms with Crippen LogP contribution in [0.25, 0.3) is 0 Å². The number of carbonyl (C=O) groups is 2. The van der Waals surface area contributed by atoms with E-state index < -0.39 is 30.9 Å². The first kappa shape index (κ1) is 12.6. The van der Waals surface area contributed by atoms with E-state index in [4.69, 9.17) is 5.11 Å². The van der Waals surface area contributed by atoms with Crippen molar-refractivity contribution in [3.05, 3.63) is 35.4 Å². The van der Waals surface area contributed by atoms with Gasteiger partial charge in [-0.1, -0.05) is 18.2 Å². The zero-order valence-corrected chi connectivity index (χ0v) is 9.40. The third kappa shape index (κ3) is 2.24. The molecule has 0 saturated carbocycles. The average molecular weight is 255 g/mol. The van der Waals surface area contributed by atoms with Gasteiger partial charge in [0.25, 0.3) is 11.8 Å². The molecule has 0 radical (unpaired) electrons. The second-order valence-corrected chi connectivity index (χ2v) is 4.13. The van der Waals surface area contributed by atoms with Crippen LogP contribution in [0.5, 0.6) is 0 Å². The van der Waals surface area contributed by atoms with Gasteiger partial charge in [0.2, 0.25) is 5.91 Å². The summed E-state index contributed by atoms with van der Waals surface area (Å²) in [6.07, 6.45) is -0.0799. The van der Waals surface area contributed by atoms with E-state index in [1.54, 1.807) is 18.2 Å². The van der Waals surface area contributed by atoms with Gasteiger partial charge in [-0.25, -0.2) is 8.78 Å². The molecular formula is C12H11F2NO3. The molecule has 0 unspecified atom stereocenters. The Hall–Kier alpha value is -1.82. The van der Waals surface area contributed by atoms with Crippen molar-refractivity contribution in [2.45, 2.75) is 12.3 Å². The van der Waals surface area contributed by atoms with Gasteiger partial charge in [0.1, 0.15) is 6.61 Å². The molecule has 1 heterocycles. The van der Waals surface area contributed by atoms with Crippen LogP contribution in [0.3, 0.4) is 0 Å². The van der Waals surface area contributed by atoms with E-state index in [0.29, 0.717) is 10.5 Å². The third-order valence-electron chi connectivity index (χ3n) is 2.76. The summed E-state index contributed by atoms with van der Waals surface area (Å²) in [7, 11) is 0. The van der Waals surface area contributed by atoms with E-state index in [-0.39, 0.29) is 12.0 Å². The Kier molecular flexibility index (Phi) is 3.13. The highest BCUT2D eigenvalue weighted by Gasteiger charge is 2.39. The number of halogens is 2. The molecule has 4 nitrogen and oxygen atoms in total. The maximum atomic E-state index is 13.1. The standard InChI is InChI=1S/C12H11F2NO3/c13-12(14,7-16)6-15-10(17)5-8-3-1-2-4-9(8)11(15)18/h1-4,16H,5-7H2. The molecule has 0 spiro atoms. The summed E-state index contributed by atoms with van der Waals surface area (Å²) < 4.78 is 26.1. The number of aliphatic hydroxyl groups excluding tert-OH is 1. The minimum absolute atomic E-state index is 0.0799. The average Bonchev–Trinajstić information content (AvgIpc) is 2.34. The van der Waals surface area contributed by atoms with Crippen LogP contribution >= 0.6 is 0 Å². The summed E-state index contributed by atoms with van der Waals surface area (Å²) in [4.78, 5) is 24.1. The summed E-state index contributed by atoms with van der Waals surface area (Å²) >= 11 is 0. The largest absolute Gasteiger partial charge is 0.390 e. The van der Waals surface area contributed by atoms with E-state index >= 15 is 0 Å². The van der Waals surface area contributed by atoms with E-state index in [0.717, 1.165) is 0 Å². The fourth-order valence-corrected chi connectivity index (χ4v) is 1.84. The van der Waals surface area contributed by atoms with Gasteiger partial charge in [-0.2, -0.15) is 0 Å². The topological polar surface area (TPSA) is 57.6 Å². The van der Waals surface area contributed by atoms with Crippen LogP contribution in [0.2, 0.25) is 0 Å². The molecule has 0 bridgehead atoms. The Balaban J connectivity index is 2.30. The Morgan fingerprint density at radius 1 is 1.28 bits per heavy atom. The van der Waals surface area contributed by atoms with Crippen LogP contribution in [0, 0.1) is 0 Å². The summed E-state index contributed by atoms with van der Waals surface area (Å²) in [5, 5.41) is 8.49. The number of imide groups is 1. The van der Waals surface area contributed by atoms with Crippen molar-refractivity contribution in [3.63, 3.8) is 0 Å². The number of alkyl halides is 2. The van der Waals surface area contributed by atoms with Crippen LogP contribution in [-0.4, -0.2) is 40.9 Å². The second kappa shape index (κ2) is 4.45. The summed E-state index contributed by atoms with van der Waals surface area (Å²) in [6, 6.07) is 6.40. The van der Waals surface area contributed by atoms with E-state index in [2.05, 4.69) is 0 Å². The lowest BCUT2D eigenvalue weighted by Gasteiger charge is -2.29. The zero-order chi connectivity index (χ0) is 13.3. The van der Waals surface area contributed by atoms with Crippen molar-refractivity contribution in [1.29, 1.82) is 0 Å². The van der Waals surface area contributed by atoms with Gasteiger partial charge in [0.15, 0.2) is 0 Å². The molecule has 96 valence electrons. The van der Waals surface area contributed by atoms with Crippen molar-refractivity contribution < 1.29 is 23.5 Å². The van der Waals surface area contributed by atoms with Gasteiger partial charge in [-0.05, 0) is 11.6 Å². The Morgan fingerprint density at radius 3 is 2.61 bits per heavy atom. The number of amides is 2. The normalized spacial score (nSPS) is 15.8. The highest BCUT2D eigenvalue weighted by atomic mass is 19.3. The van der Waals surface area contributed by atoms with Crippen molar-refractivity contribution in [1.82, 2.24) is 4.90 Å². The molecule has 2 rings (SSSR count). The Labute approximate surface area is 102 Å². The Morgan fingerprint density at radius 2 is 1.94 bits per heavy atom. The smallest absolute Gasteiger partial charge is 0.288 e. The fraction of sp³-hybridized carbons (Fsp3) is 0.333. The number of benzene rings is 1. The van der Waals surface area contributed by atoms with Gasteiger partial charge >= 0.3 is 0 Å². The summed E-state index contributed by atoms with van der Waals surface area (Å²) in [6.45, 7) is -2.48. The second-order valence-electron chi connectivity index (χ2n) is 4.13. The molecule has 6 heteroatoms. The van der Waals surface area contributed by atoms with Crippen LogP contribution in [0.1, 0.15) is 15.9 Å². The lowest BCUT2D eigenvalue weighted by molar-refractivity contribution is -0.135. The minimum atomic E-state index is -3.47. The molecule has 1 aromatic carbocycles. The molecule has 18 heavy (non-hydrogen) atoms. The fourth-order valence-electron chi connectivity index (χ4n) is 1.84. The van der Waals surface area contributed by atoms with Crippen LogP contribution in [0.15, 0.2) is 24.3 Å². The maximum Gasteiger partial charge on any atom is 0.288 e. The van der Waals surface area contributed by atoms with E-state index in [1.165, 1.54) is 6.07 Å². The van der Waals surface area contributed by atoms with Crippen molar-refractivity contribution >= 4 is 11.8 Å². The number of rotatable bonds is 3. The molecule has 2 amide bonds. The quantitative estimate of drug-likeness (QED) is 0.814. The number of nitrogens with zero attached hydrogens (tertiary/aromatic N) is 1. The molecule has 0 aliphatic carbocycles. The molecule has 0 saturated heterocycles. The molecule has 1 aliphatic heterocycles. The van der Waals surface area contributed by atoms with Crippen molar-refractivity contribution in [3.8, 4) is 0 Å². The molecule has 1 aliphatic rings. The summed E-state index contributed by atoms with van der Waals surface area (Å²) in [5.41, 5.74) is 0.793. The predicted octanol–water partition coefficient (Wildman–Crippen LogP) is 0.839. The van der Waals surface area contributed by atoms with Crippen LogP contribution < -0.4 is 0 Å². The highest BCUT2D eigenvalue weighted by Crippen LogP contribution is 2.23. The summed E-state index contributed by atoms with van der Waals surface area (Å²) in [5.74, 6) is -4.89. The van der Waals surface area contributed by atoms with Crippen LogP contribution in [0.4, 0.5) is 8.78 Å². The van der Waals surface area contributed by atoms with E-state index in [1.807, 2.05) is 0 Å². The maximum absolute atomic E-state index is 13.1. The van der Waals surface area contributed by atoms with Gasteiger partial charge < -0.3 is 5.11 Å². The third-order valence-corrected chi connectivity index (χ3v) is 2.76. The van der Waals surface area contributed by atoms with Gasteiger partial charge in [0.05, 0.1) is 13.0 Å². The highest BCUT2D eigenvalue weighted by molar-refractivity contribution is 6.09.